The van der Waals surface area contributed by atoms with Crippen molar-refractivity contribution >= 4 is 11.6 Å². The molecule has 0 aromatic heterocycles. The molecule has 0 amide bonds. The number of halogens is 1. The van der Waals surface area contributed by atoms with E-state index in [1.54, 1.807) is 0 Å². The Balaban J connectivity index is 2.76. The normalized spacial score (nSPS) is 10.6. The molecule has 3 heteroatoms. The maximum Gasteiger partial charge on any atom is 0.146 e. The van der Waals surface area contributed by atoms with Gasteiger partial charge in [0, 0.05) is 12.5 Å². The Hall–Kier alpha value is 0.210. The van der Waals surface area contributed by atoms with Gasteiger partial charge in [0.15, 0.2) is 0 Å². The first-order chi connectivity index (χ1) is 6.41. The molecular formula is C10H21ClO2. The molecule has 0 fully saturated rings. The molecule has 0 aliphatic rings. The lowest BCUT2D eigenvalue weighted by Gasteiger charge is -2.03. The minimum atomic E-state index is 0.389. The van der Waals surface area contributed by atoms with Crippen molar-refractivity contribution in [3.8, 4) is 0 Å². The highest BCUT2D eigenvalue weighted by molar-refractivity contribution is 6.17. The summed E-state index contributed by atoms with van der Waals surface area (Å²) in [6.07, 6.45) is 6.36. The lowest BCUT2D eigenvalue weighted by atomic mass is 10.2. The summed E-state index contributed by atoms with van der Waals surface area (Å²) in [5.74, 6) is 0.542. The number of unbranched alkanes of at least 4 members (excludes halogenated alkanes) is 4. The smallest absolute Gasteiger partial charge is 0.146 e. The van der Waals surface area contributed by atoms with Crippen LogP contribution in [0.25, 0.3) is 0 Å². The molecule has 80 valence electrons. The highest BCUT2D eigenvalue weighted by Crippen LogP contribution is 2.02. The van der Waals surface area contributed by atoms with E-state index in [0.717, 1.165) is 13.0 Å². The molecule has 0 atom stereocenters. The van der Waals surface area contributed by atoms with Gasteiger partial charge in [-0.15, -0.1) is 11.6 Å². The quantitative estimate of drug-likeness (QED) is 0.312. The molecule has 0 saturated heterocycles. The first kappa shape index (κ1) is 13.2. The molecule has 0 heterocycles. The highest BCUT2D eigenvalue weighted by Gasteiger charge is 1.90. The Bertz CT molecular complexity index is 79.0. The van der Waals surface area contributed by atoms with Gasteiger partial charge >= 0.3 is 0 Å². The number of rotatable bonds is 10. The van der Waals surface area contributed by atoms with Crippen LogP contribution in [0.5, 0.6) is 0 Å². The summed E-state index contributed by atoms with van der Waals surface area (Å²) >= 11 is 5.42. The van der Waals surface area contributed by atoms with Crippen LogP contribution in [0.15, 0.2) is 0 Å². The largest absolute Gasteiger partial charge is 0.355 e. The van der Waals surface area contributed by atoms with Crippen LogP contribution in [0.4, 0.5) is 0 Å². The average molecular weight is 209 g/mol. The fourth-order valence-corrected chi connectivity index (χ4v) is 1.15. The van der Waals surface area contributed by atoms with Crippen LogP contribution in [-0.2, 0) is 9.47 Å². The fourth-order valence-electron chi connectivity index (χ4n) is 1.04. The summed E-state index contributed by atoms with van der Waals surface area (Å²) < 4.78 is 10.3. The van der Waals surface area contributed by atoms with Crippen LogP contribution >= 0.6 is 11.6 Å². The molecule has 0 spiro atoms. The molecule has 0 aliphatic heterocycles. The van der Waals surface area contributed by atoms with Crippen LogP contribution in [0.1, 0.15) is 39.0 Å². The number of hydrogen-bond acceptors (Lipinski definition) is 2. The standard InChI is InChI=1S/C10H21ClO2/c1-2-3-4-5-6-8-12-10-13-9-7-11/h2-10H2,1H3. The summed E-state index contributed by atoms with van der Waals surface area (Å²) in [4.78, 5) is 0. The molecule has 2 nitrogen and oxygen atoms in total. The Morgan fingerprint density at radius 1 is 0.923 bits per heavy atom. The van der Waals surface area contributed by atoms with E-state index in [9.17, 15) is 0 Å². The maximum atomic E-state index is 5.42. The minimum absolute atomic E-state index is 0.389. The van der Waals surface area contributed by atoms with Crippen LogP contribution in [0.3, 0.4) is 0 Å². The van der Waals surface area contributed by atoms with E-state index in [2.05, 4.69) is 6.92 Å². The third-order valence-corrected chi connectivity index (χ3v) is 1.93. The van der Waals surface area contributed by atoms with E-state index in [1.165, 1.54) is 25.7 Å². The van der Waals surface area contributed by atoms with Crippen LogP contribution < -0.4 is 0 Å². The van der Waals surface area contributed by atoms with Crippen molar-refractivity contribution in [3.05, 3.63) is 0 Å². The van der Waals surface area contributed by atoms with E-state index in [0.29, 0.717) is 19.3 Å². The predicted octanol–water partition coefficient (Wildman–Crippen LogP) is 3.19. The fraction of sp³-hybridized carbons (Fsp3) is 1.00. The van der Waals surface area contributed by atoms with Crippen molar-refractivity contribution in [3.63, 3.8) is 0 Å². The predicted molar refractivity (Wildman–Crippen MR) is 56.3 cm³/mol. The number of hydrogen-bond donors (Lipinski definition) is 0. The van der Waals surface area contributed by atoms with Crippen molar-refractivity contribution in [1.29, 1.82) is 0 Å². The van der Waals surface area contributed by atoms with E-state index < -0.39 is 0 Å². The van der Waals surface area contributed by atoms with Crippen molar-refractivity contribution in [2.24, 2.45) is 0 Å². The van der Waals surface area contributed by atoms with Gasteiger partial charge in [-0.1, -0.05) is 32.6 Å². The van der Waals surface area contributed by atoms with Crippen LogP contribution in [-0.4, -0.2) is 25.9 Å². The van der Waals surface area contributed by atoms with Crippen molar-refractivity contribution in [2.75, 3.05) is 25.9 Å². The molecule has 0 bridgehead atoms. The first-order valence-electron chi connectivity index (χ1n) is 5.13. The molecule has 0 aliphatic carbocycles. The minimum Gasteiger partial charge on any atom is -0.355 e. The van der Waals surface area contributed by atoms with Gasteiger partial charge in [-0.25, -0.2) is 0 Å². The summed E-state index contributed by atoms with van der Waals surface area (Å²) in [5.41, 5.74) is 0. The Morgan fingerprint density at radius 3 is 2.31 bits per heavy atom. The second-order valence-electron chi connectivity index (χ2n) is 3.04. The topological polar surface area (TPSA) is 18.5 Å². The molecule has 0 radical (unpaired) electrons. The van der Waals surface area contributed by atoms with Gasteiger partial charge in [0.2, 0.25) is 0 Å². The summed E-state index contributed by atoms with van der Waals surface area (Å²) in [5, 5.41) is 0. The molecule has 0 rings (SSSR count). The zero-order chi connectivity index (χ0) is 9.78. The summed E-state index contributed by atoms with van der Waals surface area (Å²) in [7, 11) is 0. The molecule has 0 aromatic rings. The van der Waals surface area contributed by atoms with Crippen LogP contribution in [0.2, 0.25) is 0 Å². The van der Waals surface area contributed by atoms with Crippen LogP contribution in [0, 0.1) is 0 Å². The third kappa shape index (κ3) is 12.2. The molecule has 0 aromatic carbocycles. The van der Waals surface area contributed by atoms with Gasteiger partial charge in [-0.05, 0) is 6.42 Å². The van der Waals surface area contributed by atoms with Crippen molar-refractivity contribution in [2.45, 2.75) is 39.0 Å². The molecule has 0 unspecified atom stereocenters. The second-order valence-corrected chi connectivity index (χ2v) is 3.42. The number of alkyl halides is 1. The Labute approximate surface area is 86.6 Å². The van der Waals surface area contributed by atoms with Gasteiger partial charge in [0.05, 0.1) is 6.61 Å². The monoisotopic (exact) mass is 208 g/mol. The molecule has 0 saturated carbocycles. The van der Waals surface area contributed by atoms with E-state index in [4.69, 9.17) is 21.1 Å². The van der Waals surface area contributed by atoms with Gasteiger partial charge in [0.1, 0.15) is 6.79 Å². The van der Waals surface area contributed by atoms with Crippen molar-refractivity contribution in [1.82, 2.24) is 0 Å². The van der Waals surface area contributed by atoms with Gasteiger partial charge < -0.3 is 9.47 Å². The third-order valence-electron chi connectivity index (χ3n) is 1.78. The Morgan fingerprint density at radius 2 is 1.62 bits per heavy atom. The van der Waals surface area contributed by atoms with Gasteiger partial charge in [0.25, 0.3) is 0 Å². The second kappa shape index (κ2) is 12.2. The maximum absolute atomic E-state index is 5.42. The summed E-state index contributed by atoms with van der Waals surface area (Å²) in [6.45, 7) is 4.00. The van der Waals surface area contributed by atoms with Crippen molar-refractivity contribution < 1.29 is 9.47 Å². The lowest BCUT2D eigenvalue weighted by molar-refractivity contribution is -0.0495. The van der Waals surface area contributed by atoms with E-state index >= 15 is 0 Å². The van der Waals surface area contributed by atoms with Gasteiger partial charge in [-0.3, -0.25) is 0 Å². The zero-order valence-corrected chi connectivity index (χ0v) is 9.31. The molecule has 0 N–H and O–H groups in total. The lowest BCUT2D eigenvalue weighted by Crippen LogP contribution is -2.03. The van der Waals surface area contributed by atoms with E-state index in [-0.39, 0.29) is 0 Å². The van der Waals surface area contributed by atoms with E-state index in [1.807, 2.05) is 0 Å². The zero-order valence-electron chi connectivity index (χ0n) is 8.56. The summed E-state index contributed by atoms with van der Waals surface area (Å²) in [6, 6.07) is 0. The Kier molecular flexibility index (Phi) is 12.4. The highest BCUT2D eigenvalue weighted by atomic mass is 35.5. The molecular weight excluding hydrogens is 188 g/mol. The molecule has 13 heavy (non-hydrogen) atoms. The average Bonchev–Trinajstić information content (AvgIpc) is 2.16. The van der Waals surface area contributed by atoms with Gasteiger partial charge in [-0.2, -0.15) is 0 Å². The first-order valence-corrected chi connectivity index (χ1v) is 5.66. The number of ether oxygens (including phenoxy) is 2. The SMILES string of the molecule is CCCCCCCOCOCCCl.